The lowest BCUT2D eigenvalue weighted by Gasteiger charge is -2.39. The summed E-state index contributed by atoms with van der Waals surface area (Å²) in [5, 5.41) is 17.4. The van der Waals surface area contributed by atoms with Gasteiger partial charge < -0.3 is 20.2 Å². The Bertz CT molecular complexity index is 1430. The zero-order chi connectivity index (χ0) is 27.5. The maximum Gasteiger partial charge on any atom is 0.261 e. The van der Waals surface area contributed by atoms with E-state index in [4.69, 9.17) is 0 Å². The number of fused-ring (bicyclic) bond motifs is 3. The van der Waals surface area contributed by atoms with Crippen LogP contribution in [0.2, 0.25) is 0 Å². The van der Waals surface area contributed by atoms with E-state index in [1.165, 1.54) is 24.9 Å². The van der Waals surface area contributed by atoms with E-state index in [1.807, 2.05) is 12.1 Å². The largest absolute Gasteiger partial charge is 0.387 e. The molecule has 2 amide bonds. The third-order valence-corrected chi connectivity index (χ3v) is 8.19. The Kier molecular flexibility index (Phi) is 6.30. The molecule has 39 heavy (non-hydrogen) atoms. The zero-order valence-corrected chi connectivity index (χ0v) is 22.5. The van der Waals surface area contributed by atoms with Crippen molar-refractivity contribution in [2.45, 2.75) is 51.6 Å². The first-order chi connectivity index (χ1) is 18.6. The highest BCUT2D eigenvalue weighted by Gasteiger charge is 2.38. The van der Waals surface area contributed by atoms with Crippen molar-refractivity contribution in [3.8, 4) is 0 Å². The predicted octanol–water partition coefficient (Wildman–Crippen LogP) is 2.58. The minimum atomic E-state index is -1.59. The Hall–Kier alpha value is -3.57. The van der Waals surface area contributed by atoms with E-state index < -0.39 is 11.8 Å². The smallest absolute Gasteiger partial charge is 0.261 e. The molecule has 2 saturated heterocycles. The molecule has 0 bridgehead atoms. The fourth-order valence-electron chi connectivity index (χ4n) is 6.03. The number of amides is 2. The molecule has 2 fully saturated rings. The summed E-state index contributed by atoms with van der Waals surface area (Å²) in [5.74, 6) is 0.0258. The van der Waals surface area contributed by atoms with Gasteiger partial charge in [0.1, 0.15) is 11.7 Å². The summed E-state index contributed by atoms with van der Waals surface area (Å²) in [7, 11) is 0. The standard InChI is InChI=1S/C28H34FN7O3/c1-17-9-19-15-34(8-7-33(19)13-17)23-11-20-18(14-35(27(20)38)16-24(29)28(2,3)39)10-22(23)32-26(37)21-12-31-36-6-4-5-30-25(21)36/h4-6,10-12,17,19,24,39H,7-9,13-16H2,1-3H3,(H,32,37)/t17-,19-,24-/m1/s1. The van der Waals surface area contributed by atoms with Gasteiger partial charge in [-0.15, -0.1) is 0 Å². The van der Waals surface area contributed by atoms with Crippen LogP contribution in [0.4, 0.5) is 15.8 Å². The number of benzene rings is 1. The second kappa shape index (κ2) is 9.56. The summed E-state index contributed by atoms with van der Waals surface area (Å²) in [6.45, 7) is 8.64. The third-order valence-electron chi connectivity index (χ3n) is 8.19. The second-order valence-electron chi connectivity index (χ2n) is 11.7. The molecule has 3 aliphatic rings. The zero-order valence-electron chi connectivity index (χ0n) is 22.5. The molecule has 5 heterocycles. The molecule has 11 heteroatoms. The number of carbonyl (C=O) groups is 2. The van der Waals surface area contributed by atoms with Gasteiger partial charge in [0.05, 0.1) is 29.7 Å². The minimum absolute atomic E-state index is 0.208. The Morgan fingerprint density at radius 3 is 2.90 bits per heavy atom. The molecule has 0 unspecified atom stereocenters. The number of hydrogen-bond donors (Lipinski definition) is 2. The van der Waals surface area contributed by atoms with Crippen molar-refractivity contribution in [3.63, 3.8) is 0 Å². The first kappa shape index (κ1) is 25.7. The highest BCUT2D eigenvalue weighted by atomic mass is 19.1. The summed E-state index contributed by atoms with van der Waals surface area (Å²) >= 11 is 0. The summed E-state index contributed by atoms with van der Waals surface area (Å²) in [6, 6.07) is 5.83. The highest BCUT2D eigenvalue weighted by molar-refractivity contribution is 6.10. The van der Waals surface area contributed by atoms with E-state index in [1.54, 1.807) is 23.0 Å². The summed E-state index contributed by atoms with van der Waals surface area (Å²) in [5.41, 5.74) is 1.84. The SMILES string of the molecule is C[C@@H]1C[C@@H]2CN(c3cc4c(cc3NC(=O)c3cnn5cccnc35)CN(C[C@@H](F)C(C)(C)O)C4=O)CCN2C1. The molecule has 2 aromatic heterocycles. The van der Waals surface area contributed by atoms with Gasteiger partial charge >= 0.3 is 0 Å². The Labute approximate surface area is 226 Å². The number of nitrogens with zero attached hydrogens (tertiary/aromatic N) is 6. The van der Waals surface area contributed by atoms with E-state index in [2.05, 4.69) is 32.1 Å². The molecular weight excluding hydrogens is 501 g/mol. The van der Waals surface area contributed by atoms with Crippen LogP contribution in [0.3, 0.4) is 0 Å². The summed E-state index contributed by atoms with van der Waals surface area (Å²) in [4.78, 5) is 37.3. The minimum Gasteiger partial charge on any atom is -0.387 e. The van der Waals surface area contributed by atoms with E-state index in [9.17, 15) is 19.1 Å². The van der Waals surface area contributed by atoms with E-state index >= 15 is 0 Å². The van der Waals surface area contributed by atoms with Gasteiger partial charge in [-0.1, -0.05) is 6.92 Å². The van der Waals surface area contributed by atoms with Gasteiger partial charge in [-0.05, 0) is 49.9 Å². The number of anilines is 2. The number of alkyl halides is 1. The Morgan fingerprint density at radius 2 is 2.10 bits per heavy atom. The third kappa shape index (κ3) is 4.74. The second-order valence-corrected chi connectivity index (χ2v) is 11.7. The fraction of sp³-hybridized carbons (Fsp3) is 0.500. The molecule has 6 rings (SSSR count). The lowest BCUT2D eigenvalue weighted by Crippen LogP contribution is -2.50. The maximum atomic E-state index is 14.7. The Morgan fingerprint density at radius 1 is 1.28 bits per heavy atom. The molecule has 206 valence electrons. The molecule has 3 atom stereocenters. The van der Waals surface area contributed by atoms with Crippen molar-refractivity contribution in [1.82, 2.24) is 24.4 Å². The van der Waals surface area contributed by atoms with Gasteiger partial charge in [-0.25, -0.2) is 13.9 Å². The van der Waals surface area contributed by atoms with Gasteiger partial charge in [0.2, 0.25) is 0 Å². The van der Waals surface area contributed by atoms with Crippen molar-refractivity contribution in [1.29, 1.82) is 0 Å². The molecule has 2 N–H and O–H groups in total. The van der Waals surface area contributed by atoms with Crippen molar-refractivity contribution in [2.75, 3.05) is 42.9 Å². The number of aromatic nitrogens is 3. The molecule has 0 radical (unpaired) electrons. The van der Waals surface area contributed by atoms with Gasteiger partial charge in [-0.3, -0.25) is 14.5 Å². The van der Waals surface area contributed by atoms with Crippen LogP contribution in [0.25, 0.3) is 5.65 Å². The van der Waals surface area contributed by atoms with Gasteiger partial charge in [0.15, 0.2) is 5.65 Å². The number of piperazine rings is 1. The Balaban J connectivity index is 1.33. The highest BCUT2D eigenvalue weighted by Crippen LogP contribution is 2.37. The van der Waals surface area contributed by atoms with Crippen molar-refractivity contribution in [2.24, 2.45) is 5.92 Å². The molecule has 0 spiro atoms. The first-order valence-corrected chi connectivity index (χ1v) is 13.5. The average Bonchev–Trinajstić information content (AvgIpc) is 3.57. The quantitative estimate of drug-likeness (QED) is 0.500. The van der Waals surface area contributed by atoms with Crippen molar-refractivity contribution in [3.05, 3.63) is 53.5 Å². The van der Waals surface area contributed by atoms with Crippen LogP contribution < -0.4 is 10.2 Å². The lowest BCUT2D eigenvalue weighted by molar-refractivity contribution is -0.0159. The normalized spacial score (nSPS) is 22.3. The molecule has 3 aliphatic heterocycles. The number of hydrogen-bond acceptors (Lipinski definition) is 7. The van der Waals surface area contributed by atoms with Crippen LogP contribution in [0.1, 0.15) is 53.5 Å². The van der Waals surface area contributed by atoms with E-state index in [0.29, 0.717) is 40.0 Å². The molecule has 0 aliphatic carbocycles. The van der Waals surface area contributed by atoms with Crippen LogP contribution in [0.15, 0.2) is 36.8 Å². The summed E-state index contributed by atoms with van der Waals surface area (Å²) in [6.07, 6.45) is 4.36. The number of nitrogens with one attached hydrogen (secondary N) is 1. The molecular formula is C28H34FN7O3. The summed E-state index contributed by atoms with van der Waals surface area (Å²) < 4.78 is 16.2. The van der Waals surface area contributed by atoms with E-state index in [0.717, 1.165) is 38.3 Å². The predicted molar refractivity (Wildman–Crippen MR) is 145 cm³/mol. The first-order valence-electron chi connectivity index (χ1n) is 13.5. The van der Waals surface area contributed by atoms with Crippen LogP contribution in [-0.4, -0.2) is 91.9 Å². The average molecular weight is 536 g/mol. The maximum absolute atomic E-state index is 14.7. The lowest BCUT2D eigenvalue weighted by atomic mass is 10.0. The molecule has 0 saturated carbocycles. The molecule has 3 aromatic rings. The van der Waals surface area contributed by atoms with Crippen LogP contribution in [0.5, 0.6) is 0 Å². The number of rotatable bonds is 6. The topological polar surface area (TPSA) is 106 Å². The van der Waals surface area contributed by atoms with Gasteiger partial charge in [0.25, 0.3) is 11.8 Å². The molecule has 1 aromatic carbocycles. The van der Waals surface area contributed by atoms with Crippen LogP contribution >= 0.6 is 0 Å². The van der Waals surface area contributed by atoms with Crippen molar-refractivity contribution >= 4 is 28.8 Å². The number of aliphatic hydroxyl groups is 1. The fourth-order valence-corrected chi connectivity index (χ4v) is 6.03. The molecule has 10 nitrogen and oxygen atoms in total. The van der Waals surface area contributed by atoms with E-state index in [-0.39, 0.29) is 24.9 Å². The van der Waals surface area contributed by atoms with Crippen molar-refractivity contribution < 1.29 is 19.1 Å². The van der Waals surface area contributed by atoms with Gasteiger partial charge in [0, 0.05) is 56.7 Å². The number of halogens is 1. The van der Waals surface area contributed by atoms with Crippen LogP contribution in [0, 0.1) is 5.92 Å². The monoisotopic (exact) mass is 535 g/mol. The van der Waals surface area contributed by atoms with Crippen LogP contribution in [-0.2, 0) is 6.54 Å². The van der Waals surface area contributed by atoms with Gasteiger partial charge in [-0.2, -0.15) is 5.10 Å². The number of carbonyl (C=O) groups excluding carboxylic acids is 2.